The van der Waals surface area contributed by atoms with Crippen molar-refractivity contribution in [2.75, 3.05) is 95.2 Å². The van der Waals surface area contributed by atoms with Crippen molar-refractivity contribution in [1.82, 2.24) is 60.0 Å². The molecule has 0 unspecified atom stereocenters. The van der Waals surface area contributed by atoms with Gasteiger partial charge in [-0.15, -0.1) is 0 Å². The number of piperidine rings is 1. The third kappa shape index (κ3) is 20.3. The van der Waals surface area contributed by atoms with Crippen LogP contribution in [-0.2, 0) is 64.0 Å². The van der Waals surface area contributed by atoms with E-state index in [0.29, 0.717) is 82.4 Å². The number of nitrogens with one attached hydrogen (secondary N) is 3. The first-order chi connectivity index (χ1) is 47.5. The molecule has 3 heterocycles. The van der Waals surface area contributed by atoms with Crippen LogP contribution in [0.15, 0.2) is 12.1 Å². The predicted octanol–water partition coefficient (Wildman–Crippen LogP) is 6.21. The lowest BCUT2D eigenvalue weighted by Gasteiger charge is -2.43. The average molecular weight is 1440 g/mol. The van der Waals surface area contributed by atoms with Gasteiger partial charge in [-0.3, -0.25) is 57.5 Å². The molecule has 6 fully saturated rings. The van der Waals surface area contributed by atoms with E-state index in [2.05, 4.69) is 16.0 Å². The Bertz CT molecular complexity index is 3080. The molecule has 3 N–H and O–H groups in total. The van der Waals surface area contributed by atoms with E-state index in [0.717, 1.165) is 75.5 Å². The number of carbonyl (C=O) groups is 12. The predicted molar refractivity (Wildman–Crippen MR) is 380 cm³/mol. The minimum absolute atomic E-state index is 0.00110. The number of likely N-dealkylation sites (N-methyl/N-ethyl adjacent to an activating group) is 7. The Kier molecular flexibility index (Phi) is 30.1. The van der Waals surface area contributed by atoms with Gasteiger partial charge >= 0.3 is 0 Å². The molecular weight excluding hydrogens is 1320 g/mol. The zero-order chi connectivity index (χ0) is 73.3. The summed E-state index contributed by atoms with van der Waals surface area (Å²) in [5.41, 5.74) is -0.858. The van der Waals surface area contributed by atoms with Crippen molar-refractivity contribution in [3.05, 3.63) is 27.7 Å². The lowest BCUT2D eigenvalue weighted by atomic mass is 9.81. The van der Waals surface area contributed by atoms with Crippen LogP contribution in [0.1, 0.15) is 194 Å². The number of hydrogen-bond donors (Lipinski definition) is 3. The summed E-state index contributed by atoms with van der Waals surface area (Å²) in [6.45, 7) is 6.94. The van der Waals surface area contributed by atoms with Gasteiger partial charge in [0.1, 0.15) is 58.6 Å². The second kappa shape index (κ2) is 37.4. The topological polar surface area (TPSA) is 279 Å². The van der Waals surface area contributed by atoms with Gasteiger partial charge in [0.2, 0.25) is 70.9 Å². The molecule has 0 bridgehead atoms. The number of carbonyl (C=O) groups excluding carboxylic acids is 12. The molecule has 3 aliphatic carbocycles. The Morgan fingerprint density at radius 1 is 0.630 bits per heavy atom. The number of amides is 12. The summed E-state index contributed by atoms with van der Waals surface area (Å²) in [6, 6.07) is -4.88. The molecular formula is C73H114Cl2N12O13. The average Bonchev–Trinajstić information content (AvgIpc) is 1.44. The quantitative estimate of drug-likeness (QED) is 0.186. The number of halogens is 2. The highest BCUT2D eigenvalue weighted by Gasteiger charge is 2.51. The third-order valence-corrected chi connectivity index (χ3v) is 23.1. The van der Waals surface area contributed by atoms with Gasteiger partial charge in [-0.05, 0) is 126 Å². The van der Waals surface area contributed by atoms with E-state index < -0.39 is 151 Å². The van der Waals surface area contributed by atoms with Crippen molar-refractivity contribution < 1.29 is 62.3 Å². The second-order valence-electron chi connectivity index (χ2n) is 29.5. The lowest BCUT2D eigenvalue weighted by Crippen LogP contribution is -2.65. The molecule has 7 rings (SSSR count). The zero-order valence-electron chi connectivity index (χ0n) is 61.4. The first-order valence-corrected chi connectivity index (χ1v) is 37.7. The lowest BCUT2D eigenvalue weighted by molar-refractivity contribution is -0.157. The maximum absolute atomic E-state index is 15.7. The molecule has 27 heteroatoms. The third-order valence-electron chi connectivity index (χ3n) is 22.3. The molecule has 0 radical (unpaired) electrons. The number of nitrogens with zero attached hydrogens (tertiary/aromatic N) is 9. The molecule has 1 aromatic carbocycles. The van der Waals surface area contributed by atoms with E-state index in [9.17, 15) is 38.4 Å². The molecule has 558 valence electrons. The molecule has 25 nitrogen and oxygen atoms in total. The maximum atomic E-state index is 15.7. The number of aryl methyl sites for hydroxylation is 1. The monoisotopic (exact) mass is 1440 g/mol. The van der Waals surface area contributed by atoms with Gasteiger partial charge in [0.25, 0.3) is 0 Å². The summed E-state index contributed by atoms with van der Waals surface area (Å²) < 4.78 is 6.02. The van der Waals surface area contributed by atoms with E-state index in [1.165, 1.54) is 83.5 Å². The van der Waals surface area contributed by atoms with Gasteiger partial charge in [0, 0.05) is 69.0 Å². The first kappa shape index (κ1) is 80.6. The second-order valence-corrected chi connectivity index (χ2v) is 30.3. The molecule has 1 spiro atoms. The van der Waals surface area contributed by atoms with Crippen LogP contribution >= 0.6 is 23.2 Å². The largest absolute Gasteiger partial charge is 0.492 e. The molecule has 8 atom stereocenters. The molecule has 3 saturated carbocycles. The summed E-state index contributed by atoms with van der Waals surface area (Å²) in [5.74, 6) is -7.45. The van der Waals surface area contributed by atoms with Crippen molar-refractivity contribution in [2.24, 2.45) is 17.8 Å². The van der Waals surface area contributed by atoms with Crippen LogP contribution < -0.4 is 20.7 Å². The molecule has 6 aliphatic rings. The highest BCUT2D eigenvalue weighted by Crippen LogP contribution is 2.38. The van der Waals surface area contributed by atoms with E-state index in [1.54, 1.807) is 31.0 Å². The van der Waals surface area contributed by atoms with Crippen LogP contribution in [0.25, 0.3) is 0 Å². The van der Waals surface area contributed by atoms with Crippen molar-refractivity contribution in [3.63, 3.8) is 0 Å². The molecule has 3 saturated heterocycles. The highest BCUT2D eigenvalue weighted by atomic mass is 35.5. The fraction of sp³-hybridized carbons (Fsp3) is 0.753. The SMILES string of the molecule is CCCCOc1cc(CC[C@@H]2NC(=O)CN(C)C(=O)[C@H](CC3CCCCC3)N(C)C(=O)CN(C)C(=O)CN(C)C(=O)[C@H]([C@@H](C)CC)NC(=O)[C@H](C)N(C)C(=O)C[C@@H](C(=O)N3CCCCC3)N(C)C(=O)[C@H](C3CCCCC3)N(C)C(=O)C3(CCCC3)NC(=O)[C@@H]3CCCN3C2=O)cc(Cl)c1Cl. The number of ether oxygens (including phenoxy) is 1. The fourth-order valence-corrected chi connectivity index (χ4v) is 15.9. The normalized spacial score (nSPS) is 26.7. The number of rotatable bonds is 13. The number of hydrogen-bond acceptors (Lipinski definition) is 13. The van der Waals surface area contributed by atoms with Crippen molar-refractivity contribution in [1.29, 1.82) is 0 Å². The molecule has 100 heavy (non-hydrogen) atoms. The Balaban J connectivity index is 1.27. The molecule has 3 aliphatic heterocycles. The minimum Gasteiger partial charge on any atom is -0.492 e. The molecule has 12 amide bonds. The Morgan fingerprint density at radius 2 is 1.25 bits per heavy atom. The number of fused-ring (bicyclic) bond motifs is 1. The summed E-state index contributed by atoms with van der Waals surface area (Å²) in [5, 5.41) is 9.36. The van der Waals surface area contributed by atoms with Crippen molar-refractivity contribution >= 4 is 94.1 Å². The van der Waals surface area contributed by atoms with Gasteiger partial charge in [-0.1, -0.05) is 121 Å². The van der Waals surface area contributed by atoms with Crippen molar-refractivity contribution in [3.8, 4) is 5.75 Å². The number of likely N-dealkylation sites (tertiary alicyclic amines) is 1. The number of unbranched alkanes of at least 4 members (excludes halogenated alkanes) is 1. The number of benzene rings is 1. The van der Waals surface area contributed by atoms with Gasteiger partial charge in [0.05, 0.1) is 37.7 Å². The van der Waals surface area contributed by atoms with Crippen molar-refractivity contribution in [2.45, 2.75) is 242 Å². The standard InChI is InChI=1S/C73H114Cl2N12O13/c1-12-14-39-100-57-42-50(40-52(74)62(57)75)32-33-53-67(94)87-38-26-31-54(87)66(93)78-73(34-22-23-35-73)72(99)85(11)64(51-29-20-16-21-30-51)71(98)84(10)56(69(96)86-36-24-17-25-37-86)43-59(89)82(8)48(4)65(92)77-63(47(3)13-2)70(97)81(7)45-60(90)79(5)46-61(91)83(9)55(41-49-27-18-15-19-28-49)68(95)80(6)44-58(88)76-53/h40,42,47-49,51,53-56,63-64H,12-39,41,43-46H2,1-11H3,(H,76,88)(H,77,92)(H,78,93)/t47-,48-,53-,54-,55-,56-,63-,64-/m0/s1. The smallest absolute Gasteiger partial charge is 0.248 e. The molecule has 1 aromatic rings. The Morgan fingerprint density at radius 3 is 1.89 bits per heavy atom. The van der Waals surface area contributed by atoms with Crippen LogP contribution in [0.2, 0.25) is 10.0 Å². The summed E-state index contributed by atoms with van der Waals surface area (Å²) in [4.78, 5) is 191. The van der Waals surface area contributed by atoms with Gasteiger partial charge in [-0.2, -0.15) is 0 Å². The summed E-state index contributed by atoms with van der Waals surface area (Å²) in [6.07, 6.45) is 14.7. The maximum Gasteiger partial charge on any atom is 0.248 e. The van der Waals surface area contributed by atoms with Gasteiger partial charge < -0.3 is 64.8 Å². The van der Waals surface area contributed by atoms with Crippen LogP contribution in [0.4, 0.5) is 0 Å². The zero-order valence-corrected chi connectivity index (χ0v) is 62.9. The van der Waals surface area contributed by atoms with E-state index in [1.807, 2.05) is 13.8 Å². The van der Waals surface area contributed by atoms with Crippen LogP contribution in [-0.4, -0.2) is 258 Å². The summed E-state index contributed by atoms with van der Waals surface area (Å²) in [7, 11) is 10.2. The minimum atomic E-state index is -1.51. The Hall–Kier alpha value is -6.76. The summed E-state index contributed by atoms with van der Waals surface area (Å²) >= 11 is 13.3. The van der Waals surface area contributed by atoms with Crippen LogP contribution in [0.5, 0.6) is 5.75 Å². The van der Waals surface area contributed by atoms with E-state index >= 15 is 19.2 Å². The van der Waals surface area contributed by atoms with E-state index in [4.69, 9.17) is 27.9 Å². The fourth-order valence-electron chi connectivity index (χ4n) is 15.5. The first-order valence-electron chi connectivity index (χ1n) is 36.9. The Labute approximate surface area is 602 Å². The molecule has 0 aromatic heterocycles. The van der Waals surface area contributed by atoms with Gasteiger partial charge in [0.15, 0.2) is 0 Å². The highest BCUT2D eigenvalue weighted by molar-refractivity contribution is 6.43. The van der Waals surface area contributed by atoms with E-state index in [-0.39, 0.29) is 67.0 Å². The van der Waals surface area contributed by atoms with Gasteiger partial charge in [-0.25, -0.2) is 0 Å². The van der Waals surface area contributed by atoms with Crippen LogP contribution in [0, 0.1) is 17.8 Å². The van der Waals surface area contributed by atoms with Crippen LogP contribution in [0.3, 0.4) is 0 Å².